The van der Waals surface area contributed by atoms with Crippen molar-refractivity contribution in [2.24, 2.45) is 17.8 Å². The first-order chi connectivity index (χ1) is 21.1. The fourth-order valence-corrected chi connectivity index (χ4v) is 7.47. The molecule has 4 heterocycles. The third-order valence-corrected chi connectivity index (χ3v) is 10.0. The molecule has 4 aromatic rings. The number of rotatable bonds is 8. The maximum absolute atomic E-state index is 12.8. The van der Waals surface area contributed by atoms with Crippen molar-refractivity contribution in [2.45, 2.75) is 45.1 Å². The summed E-state index contributed by atoms with van der Waals surface area (Å²) >= 11 is 14.6. The smallest absolute Gasteiger partial charge is 0.338 e. The average Bonchev–Trinajstić information content (AvgIpc) is 3.71. The summed E-state index contributed by atoms with van der Waals surface area (Å²) in [5, 5.41) is 6.29. The molecule has 3 aromatic heterocycles. The Morgan fingerprint density at radius 1 is 1.09 bits per heavy atom. The lowest BCUT2D eigenvalue weighted by atomic mass is 10.0. The molecule has 2 atom stereocenters. The van der Waals surface area contributed by atoms with Crippen LogP contribution < -0.4 is 9.64 Å². The molecular weight excluding hydrogens is 619 g/mol. The number of esters is 1. The van der Waals surface area contributed by atoms with E-state index in [2.05, 4.69) is 27.2 Å². The second-order valence-electron chi connectivity index (χ2n) is 12.7. The van der Waals surface area contributed by atoms with Gasteiger partial charge in [0, 0.05) is 48.7 Å². The van der Waals surface area contributed by atoms with Gasteiger partial charge in [-0.3, -0.25) is 4.98 Å². The van der Waals surface area contributed by atoms with Crippen LogP contribution in [0.3, 0.4) is 0 Å². The Kier molecular flexibility index (Phi) is 7.46. The van der Waals surface area contributed by atoms with Crippen molar-refractivity contribution in [1.82, 2.24) is 15.1 Å². The number of methoxy groups -OCH3 is 1. The highest BCUT2D eigenvalue weighted by molar-refractivity contribution is 7.18. The van der Waals surface area contributed by atoms with Crippen molar-refractivity contribution in [2.75, 3.05) is 25.1 Å². The first-order valence-corrected chi connectivity index (χ1v) is 16.3. The topological polar surface area (TPSA) is 90.6 Å². The predicted octanol–water partition coefficient (Wildman–Crippen LogP) is 8.40. The van der Waals surface area contributed by atoms with Gasteiger partial charge >= 0.3 is 5.97 Å². The summed E-state index contributed by atoms with van der Waals surface area (Å²) in [6.07, 6.45) is 11.7. The molecule has 2 unspecified atom stereocenters. The summed E-state index contributed by atoms with van der Waals surface area (Å²) in [6.45, 7) is 7.46. The van der Waals surface area contributed by atoms with Crippen molar-refractivity contribution in [3.63, 3.8) is 0 Å². The number of carbonyl (C=O) groups is 1. The van der Waals surface area contributed by atoms with E-state index in [1.165, 1.54) is 0 Å². The van der Waals surface area contributed by atoms with E-state index >= 15 is 0 Å². The number of thiazole rings is 1. The van der Waals surface area contributed by atoms with Gasteiger partial charge in [0.2, 0.25) is 0 Å². The lowest BCUT2D eigenvalue weighted by Gasteiger charge is -2.20. The van der Waals surface area contributed by atoms with E-state index in [-0.39, 0.29) is 5.97 Å². The largest absolute Gasteiger partial charge is 0.497 e. The summed E-state index contributed by atoms with van der Waals surface area (Å²) in [5.74, 6) is 3.15. The normalized spacial score (nSPS) is 21.1. The van der Waals surface area contributed by atoms with Gasteiger partial charge in [-0.25, -0.2) is 9.78 Å². The van der Waals surface area contributed by atoms with Crippen LogP contribution in [0.4, 0.5) is 5.13 Å². The number of carbonyl (C=O) groups excluding carboxylic acids is 1. The molecule has 11 heteroatoms. The summed E-state index contributed by atoms with van der Waals surface area (Å²) < 4.78 is 16.9. The average molecular weight is 652 g/mol. The number of pyridine rings is 1. The summed E-state index contributed by atoms with van der Waals surface area (Å²) in [5.41, 5.74) is 3.06. The number of allylic oxidation sites excluding steroid dienone is 1. The molecule has 228 valence electrons. The van der Waals surface area contributed by atoms with Crippen LogP contribution in [-0.2, 0) is 4.74 Å². The van der Waals surface area contributed by atoms with Gasteiger partial charge in [-0.1, -0.05) is 51.8 Å². The molecule has 0 N–H and O–H groups in total. The van der Waals surface area contributed by atoms with Crippen LogP contribution in [-0.4, -0.2) is 46.9 Å². The number of nitrogens with zero attached hydrogens (tertiary/aromatic N) is 4. The van der Waals surface area contributed by atoms with Crippen LogP contribution in [0, 0.1) is 17.8 Å². The van der Waals surface area contributed by atoms with E-state index in [1.807, 2.05) is 39.1 Å². The number of benzene rings is 1. The standard InChI is InChI=1S/C33H32Cl2N4O4S/c1-33(2,3)42-31(40)19-9-18(10-20(11-19)41-4)27-14-37-32(44-27)39-15-23-21(24(23)16-39)7-8-22-29(38-43-30(22)17-5-6-17)28-25(34)12-36-13-26(28)35/h7-14,17,21,23-24H,5-6,15-16H2,1-4H3/b8-7+. The van der Waals surface area contributed by atoms with Gasteiger partial charge in [-0.15, -0.1) is 0 Å². The van der Waals surface area contributed by atoms with Crippen molar-refractivity contribution < 1.29 is 18.8 Å². The van der Waals surface area contributed by atoms with Crippen LogP contribution >= 0.6 is 34.5 Å². The van der Waals surface area contributed by atoms with Crippen LogP contribution in [0.25, 0.3) is 27.8 Å². The zero-order chi connectivity index (χ0) is 30.7. The molecule has 0 spiro atoms. The number of hydrogen-bond acceptors (Lipinski definition) is 9. The van der Waals surface area contributed by atoms with E-state index in [0.29, 0.717) is 56.3 Å². The van der Waals surface area contributed by atoms with Crippen molar-refractivity contribution >= 4 is 51.7 Å². The Hall–Kier alpha value is -3.40. The van der Waals surface area contributed by atoms with E-state index in [9.17, 15) is 4.79 Å². The van der Waals surface area contributed by atoms with Gasteiger partial charge in [-0.2, -0.15) is 0 Å². The lowest BCUT2D eigenvalue weighted by molar-refractivity contribution is 0.00692. The molecular formula is C33H32Cl2N4O4S. The molecule has 1 saturated heterocycles. The Morgan fingerprint density at radius 2 is 1.82 bits per heavy atom. The Balaban J connectivity index is 1.05. The van der Waals surface area contributed by atoms with Gasteiger partial charge in [0.1, 0.15) is 22.8 Å². The maximum Gasteiger partial charge on any atom is 0.338 e. The predicted molar refractivity (Wildman–Crippen MR) is 173 cm³/mol. The van der Waals surface area contributed by atoms with Gasteiger partial charge in [-0.05, 0) is 75.1 Å². The van der Waals surface area contributed by atoms with E-state index < -0.39 is 5.60 Å². The van der Waals surface area contributed by atoms with Crippen molar-refractivity contribution in [1.29, 1.82) is 0 Å². The minimum Gasteiger partial charge on any atom is -0.497 e. The summed E-state index contributed by atoms with van der Waals surface area (Å²) in [7, 11) is 1.59. The molecule has 44 heavy (non-hydrogen) atoms. The number of halogens is 2. The van der Waals surface area contributed by atoms with Crippen LogP contribution in [0.1, 0.15) is 61.2 Å². The third-order valence-electron chi connectivity index (χ3n) is 8.36. The number of aromatic nitrogens is 3. The number of fused-ring (bicyclic) bond motifs is 1. The molecule has 3 fully saturated rings. The molecule has 1 aliphatic heterocycles. The molecule has 0 radical (unpaired) electrons. The van der Waals surface area contributed by atoms with Gasteiger partial charge in [0.15, 0.2) is 5.13 Å². The van der Waals surface area contributed by atoms with Crippen LogP contribution in [0.5, 0.6) is 5.75 Å². The highest BCUT2D eigenvalue weighted by atomic mass is 35.5. The third kappa shape index (κ3) is 5.73. The Bertz CT molecular complexity index is 1740. The summed E-state index contributed by atoms with van der Waals surface area (Å²) in [4.78, 5) is 24.9. The highest BCUT2D eigenvalue weighted by Crippen LogP contribution is 2.55. The first kappa shape index (κ1) is 29.3. The van der Waals surface area contributed by atoms with Crippen LogP contribution in [0.2, 0.25) is 10.0 Å². The van der Waals surface area contributed by atoms with Gasteiger partial charge in [0.05, 0.1) is 27.6 Å². The lowest BCUT2D eigenvalue weighted by Crippen LogP contribution is -2.23. The highest BCUT2D eigenvalue weighted by Gasteiger charge is 2.54. The van der Waals surface area contributed by atoms with E-state index in [4.69, 9.17) is 42.2 Å². The van der Waals surface area contributed by atoms with Crippen molar-refractivity contribution in [3.05, 3.63) is 69.8 Å². The monoisotopic (exact) mass is 650 g/mol. The molecule has 8 nitrogen and oxygen atoms in total. The zero-order valence-corrected chi connectivity index (χ0v) is 27.2. The Labute approximate surface area is 270 Å². The minimum atomic E-state index is -0.583. The quantitative estimate of drug-likeness (QED) is 0.176. The molecule has 2 aliphatic carbocycles. The van der Waals surface area contributed by atoms with Crippen molar-refractivity contribution in [3.8, 4) is 27.4 Å². The molecule has 3 aliphatic rings. The molecule has 2 saturated carbocycles. The minimum absolute atomic E-state index is 0.379. The molecule has 7 rings (SSSR count). The number of ether oxygens (including phenoxy) is 2. The zero-order valence-electron chi connectivity index (χ0n) is 24.8. The molecule has 0 bridgehead atoms. The molecule has 0 amide bonds. The summed E-state index contributed by atoms with van der Waals surface area (Å²) in [6, 6.07) is 5.48. The van der Waals surface area contributed by atoms with E-state index in [0.717, 1.165) is 52.8 Å². The van der Waals surface area contributed by atoms with Gasteiger partial charge < -0.3 is 18.9 Å². The van der Waals surface area contributed by atoms with E-state index in [1.54, 1.807) is 36.9 Å². The maximum atomic E-state index is 12.8. The van der Waals surface area contributed by atoms with Gasteiger partial charge in [0.25, 0.3) is 0 Å². The van der Waals surface area contributed by atoms with Crippen LogP contribution in [0.15, 0.2) is 47.4 Å². The fourth-order valence-electron chi connectivity index (χ4n) is 6.01. The first-order valence-electron chi connectivity index (χ1n) is 14.7. The Morgan fingerprint density at radius 3 is 2.48 bits per heavy atom. The number of anilines is 1. The number of hydrogen-bond donors (Lipinski definition) is 0. The number of piperidine rings is 1. The fraction of sp³-hybridized carbons (Fsp3) is 0.394. The second-order valence-corrected chi connectivity index (χ2v) is 14.5. The molecule has 1 aromatic carbocycles. The SMILES string of the molecule is COc1cc(C(=O)OC(C)(C)C)cc(-c2cnc(N3CC4C(/C=C/c5c(-c6c(Cl)cncc6Cl)noc5C5CC5)C4C3)s2)c1. The second kappa shape index (κ2) is 11.2.